The zero-order valence-electron chi connectivity index (χ0n) is 7.69. The first-order valence-corrected chi connectivity index (χ1v) is 4.14. The van der Waals surface area contributed by atoms with Gasteiger partial charge in [0.05, 0.1) is 6.61 Å². The minimum atomic E-state index is -1.06. The normalized spacial score (nSPS) is 9.50. The number of hydrogen-bond acceptors (Lipinski definition) is 3. The van der Waals surface area contributed by atoms with E-state index in [1.807, 2.05) is 0 Å². The first kappa shape index (κ1) is 10.2. The van der Waals surface area contributed by atoms with Crippen molar-refractivity contribution in [2.45, 2.75) is 6.92 Å². The molecule has 0 spiro atoms. The standard InChI is InChI=1S/C10H10O4/c1-2-14-9-5-7(6-11)3-4-8(9)10(12)13/h3-6H,2H2,1H3,(H,12,13). The van der Waals surface area contributed by atoms with E-state index in [2.05, 4.69) is 0 Å². The molecule has 1 aromatic rings. The highest BCUT2D eigenvalue weighted by Gasteiger charge is 2.11. The van der Waals surface area contributed by atoms with Gasteiger partial charge >= 0.3 is 5.97 Å². The van der Waals surface area contributed by atoms with Crippen LogP contribution in [0.1, 0.15) is 27.6 Å². The van der Waals surface area contributed by atoms with Gasteiger partial charge in [-0.2, -0.15) is 0 Å². The van der Waals surface area contributed by atoms with Crippen LogP contribution >= 0.6 is 0 Å². The summed E-state index contributed by atoms with van der Waals surface area (Å²) >= 11 is 0. The average molecular weight is 194 g/mol. The number of carboxylic acids is 1. The summed E-state index contributed by atoms with van der Waals surface area (Å²) in [6.07, 6.45) is 0.647. The monoisotopic (exact) mass is 194 g/mol. The molecular formula is C10H10O4. The van der Waals surface area contributed by atoms with Gasteiger partial charge in [-0.15, -0.1) is 0 Å². The Hall–Kier alpha value is -1.84. The summed E-state index contributed by atoms with van der Waals surface area (Å²) in [6.45, 7) is 2.11. The Morgan fingerprint density at radius 2 is 2.29 bits per heavy atom. The van der Waals surface area contributed by atoms with Gasteiger partial charge in [-0.25, -0.2) is 4.79 Å². The number of hydrogen-bond donors (Lipinski definition) is 1. The Kier molecular flexibility index (Phi) is 3.23. The van der Waals surface area contributed by atoms with Crippen molar-refractivity contribution in [1.29, 1.82) is 0 Å². The lowest BCUT2D eigenvalue weighted by Crippen LogP contribution is -2.03. The highest BCUT2D eigenvalue weighted by Crippen LogP contribution is 2.19. The lowest BCUT2D eigenvalue weighted by molar-refractivity contribution is 0.0692. The smallest absolute Gasteiger partial charge is 0.339 e. The molecule has 0 heterocycles. The first-order chi connectivity index (χ1) is 6.69. The number of aromatic carboxylic acids is 1. The molecule has 0 aliphatic heterocycles. The Balaban J connectivity index is 3.16. The van der Waals surface area contributed by atoms with Crippen LogP contribution in [0, 0.1) is 0 Å². The minimum absolute atomic E-state index is 0.0671. The molecule has 4 heteroatoms. The number of carbonyl (C=O) groups excluding carboxylic acids is 1. The molecule has 1 N–H and O–H groups in total. The summed E-state index contributed by atoms with van der Waals surface area (Å²) < 4.78 is 5.10. The molecule has 14 heavy (non-hydrogen) atoms. The van der Waals surface area contributed by atoms with Gasteiger partial charge in [0.1, 0.15) is 17.6 Å². The maximum Gasteiger partial charge on any atom is 0.339 e. The van der Waals surface area contributed by atoms with Gasteiger partial charge < -0.3 is 9.84 Å². The molecule has 0 aliphatic carbocycles. The van der Waals surface area contributed by atoms with Crippen LogP contribution < -0.4 is 4.74 Å². The van der Waals surface area contributed by atoms with Crippen molar-refractivity contribution in [2.24, 2.45) is 0 Å². The summed E-state index contributed by atoms with van der Waals surface area (Å²) in [5.41, 5.74) is 0.468. The van der Waals surface area contributed by atoms with Crippen LogP contribution in [-0.4, -0.2) is 24.0 Å². The molecule has 0 bridgehead atoms. The third-order valence-corrected chi connectivity index (χ3v) is 1.67. The van der Waals surface area contributed by atoms with E-state index < -0.39 is 5.97 Å². The van der Waals surface area contributed by atoms with Crippen molar-refractivity contribution in [3.8, 4) is 5.75 Å². The van der Waals surface area contributed by atoms with Gasteiger partial charge in [-0.3, -0.25) is 4.79 Å². The third kappa shape index (κ3) is 2.10. The molecule has 0 amide bonds. The molecule has 4 nitrogen and oxygen atoms in total. The molecule has 0 aromatic heterocycles. The molecule has 0 fully saturated rings. The second kappa shape index (κ2) is 4.41. The third-order valence-electron chi connectivity index (χ3n) is 1.67. The van der Waals surface area contributed by atoms with Crippen LogP contribution in [0.2, 0.25) is 0 Å². The fourth-order valence-corrected chi connectivity index (χ4v) is 1.06. The topological polar surface area (TPSA) is 63.6 Å². The number of carboxylic acid groups (broad SMARTS) is 1. The summed E-state index contributed by atoms with van der Waals surface area (Å²) in [4.78, 5) is 21.2. The Labute approximate surface area is 81.1 Å². The van der Waals surface area contributed by atoms with E-state index in [1.54, 1.807) is 6.92 Å². The van der Waals surface area contributed by atoms with Crippen molar-refractivity contribution in [3.63, 3.8) is 0 Å². The van der Waals surface area contributed by atoms with Crippen LogP contribution in [0.15, 0.2) is 18.2 Å². The van der Waals surface area contributed by atoms with Gasteiger partial charge in [-0.1, -0.05) is 6.07 Å². The van der Waals surface area contributed by atoms with Crippen LogP contribution in [-0.2, 0) is 0 Å². The van der Waals surface area contributed by atoms with E-state index in [0.29, 0.717) is 18.5 Å². The highest BCUT2D eigenvalue weighted by atomic mass is 16.5. The molecule has 1 aromatic carbocycles. The van der Waals surface area contributed by atoms with Crippen molar-refractivity contribution in [2.75, 3.05) is 6.61 Å². The molecule has 0 saturated heterocycles. The van der Waals surface area contributed by atoms with Gasteiger partial charge in [0, 0.05) is 5.56 Å². The molecule has 0 saturated carbocycles. The van der Waals surface area contributed by atoms with Gasteiger partial charge in [0.15, 0.2) is 0 Å². The molecule has 0 unspecified atom stereocenters. The van der Waals surface area contributed by atoms with Crippen molar-refractivity contribution in [3.05, 3.63) is 29.3 Å². The zero-order valence-corrected chi connectivity index (χ0v) is 7.69. The molecule has 0 atom stereocenters. The first-order valence-electron chi connectivity index (χ1n) is 4.14. The number of carbonyl (C=O) groups is 2. The second-order valence-electron chi connectivity index (χ2n) is 2.61. The van der Waals surface area contributed by atoms with Crippen molar-refractivity contribution >= 4 is 12.3 Å². The predicted octanol–water partition coefficient (Wildman–Crippen LogP) is 1.60. The molecule has 0 radical (unpaired) electrons. The van der Waals surface area contributed by atoms with E-state index in [9.17, 15) is 9.59 Å². The Bertz CT molecular complexity index is 357. The number of rotatable bonds is 4. The molecule has 0 aliphatic rings. The lowest BCUT2D eigenvalue weighted by atomic mass is 10.1. The lowest BCUT2D eigenvalue weighted by Gasteiger charge is -2.06. The van der Waals surface area contributed by atoms with E-state index in [0.717, 1.165) is 0 Å². The fraction of sp³-hybridized carbons (Fsp3) is 0.200. The van der Waals surface area contributed by atoms with Crippen molar-refractivity contribution < 1.29 is 19.4 Å². The van der Waals surface area contributed by atoms with Crippen molar-refractivity contribution in [1.82, 2.24) is 0 Å². The minimum Gasteiger partial charge on any atom is -0.493 e. The van der Waals surface area contributed by atoms with E-state index in [1.165, 1.54) is 18.2 Å². The van der Waals surface area contributed by atoms with E-state index >= 15 is 0 Å². The van der Waals surface area contributed by atoms with Gasteiger partial charge in [-0.05, 0) is 19.1 Å². The summed E-state index contributed by atoms with van der Waals surface area (Å²) in [5.74, 6) is -0.838. The molecular weight excluding hydrogens is 184 g/mol. The molecule has 1 rings (SSSR count). The SMILES string of the molecule is CCOc1cc(C=O)ccc1C(=O)O. The Morgan fingerprint density at radius 3 is 2.79 bits per heavy atom. The largest absolute Gasteiger partial charge is 0.493 e. The highest BCUT2D eigenvalue weighted by molar-refractivity contribution is 5.92. The maximum atomic E-state index is 10.7. The fourth-order valence-electron chi connectivity index (χ4n) is 1.06. The predicted molar refractivity (Wildman–Crippen MR) is 50.0 cm³/mol. The van der Waals surface area contributed by atoms with E-state index in [4.69, 9.17) is 9.84 Å². The van der Waals surface area contributed by atoms with Crippen LogP contribution in [0.3, 0.4) is 0 Å². The van der Waals surface area contributed by atoms with Crippen LogP contribution in [0.4, 0.5) is 0 Å². The Morgan fingerprint density at radius 1 is 1.57 bits per heavy atom. The molecule has 74 valence electrons. The average Bonchev–Trinajstić information content (AvgIpc) is 2.17. The summed E-state index contributed by atoms with van der Waals surface area (Å²) in [6, 6.07) is 4.22. The summed E-state index contributed by atoms with van der Waals surface area (Å²) in [5, 5.41) is 8.79. The quantitative estimate of drug-likeness (QED) is 0.739. The second-order valence-corrected chi connectivity index (χ2v) is 2.61. The maximum absolute atomic E-state index is 10.7. The van der Waals surface area contributed by atoms with Gasteiger partial charge in [0.25, 0.3) is 0 Å². The zero-order chi connectivity index (χ0) is 10.6. The van der Waals surface area contributed by atoms with Crippen LogP contribution in [0.25, 0.3) is 0 Å². The van der Waals surface area contributed by atoms with Gasteiger partial charge in [0.2, 0.25) is 0 Å². The number of aldehydes is 1. The van der Waals surface area contributed by atoms with E-state index in [-0.39, 0.29) is 11.3 Å². The number of benzene rings is 1. The van der Waals surface area contributed by atoms with Crippen LogP contribution in [0.5, 0.6) is 5.75 Å². The summed E-state index contributed by atoms with van der Waals surface area (Å²) in [7, 11) is 0. The number of ether oxygens (including phenoxy) is 1.